The molecule has 1 aromatic heterocycles. The Morgan fingerprint density at radius 1 is 1.50 bits per heavy atom. The largest absolute Gasteiger partial charge is 0.349 e. The summed E-state index contributed by atoms with van der Waals surface area (Å²) in [7, 11) is 0. The third-order valence-electron chi connectivity index (χ3n) is 4.25. The summed E-state index contributed by atoms with van der Waals surface area (Å²) in [5.74, 6) is 0.746. The highest BCUT2D eigenvalue weighted by molar-refractivity contribution is 5.76. The number of aromatic nitrogens is 2. The Morgan fingerprint density at radius 3 is 3.14 bits per heavy atom. The van der Waals surface area contributed by atoms with Crippen LogP contribution in [-0.2, 0) is 17.8 Å². The fourth-order valence-corrected chi connectivity index (χ4v) is 3.04. The fraction of sp³-hybridized carbons (Fsp3) is 0.412. The SMILES string of the molecule is Cc1nccn1CCCC(=O)NC1CCc2ccc(F)cc21. The molecular weight excluding hydrogens is 281 g/mol. The van der Waals surface area contributed by atoms with Gasteiger partial charge in [-0.1, -0.05) is 6.07 Å². The van der Waals surface area contributed by atoms with E-state index in [1.165, 1.54) is 6.07 Å². The number of benzene rings is 1. The molecule has 22 heavy (non-hydrogen) atoms. The van der Waals surface area contributed by atoms with E-state index < -0.39 is 0 Å². The van der Waals surface area contributed by atoms with E-state index in [-0.39, 0.29) is 17.8 Å². The zero-order chi connectivity index (χ0) is 15.5. The van der Waals surface area contributed by atoms with E-state index >= 15 is 0 Å². The van der Waals surface area contributed by atoms with Gasteiger partial charge in [0.15, 0.2) is 0 Å². The Kier molecular flexibility index (Phi) is 4.22. The maximum atomic E-state index is 13.3. The average molecular weight is 301 g/mol. The number of nitrogens with one attached hydrogen (secondary N) is 1. The molecule has 0 bridgehead atoms. The number of aryl methyl sites for hydroxylation is 3. The van der Waals surface area contributed by atoms with Crippen LogP contribution in [-0.4, -0.2) is 15.5 Å². The highest BCUT2D eigenvalue weighted by atomic mass is 19.1. The van der Waals surface area contributed by atoms with E-state index in [9.17, 15) is 9.18 Å². The molecule has 0 radical (unpaired) electrons. The highest BCUT2D eigenvalue weighted by Crippen LogP contribution is 2.31. The molecule has 1 aliphatic rings. The van der Waals surface area contributed by atoms with Gasteiger partial charge in [-0.25, -0.2) is 9.37 Å². The summed E-state index contributed by atoms with van der Waals surface area (Å²) in [5, 5.41) is 3.03. The first-order valence-electron chi connectivity index (χ1n) is 7.69. The van der Waals surface area contributed by atoms with Crippen LogP contribution in [0, 0.1) is 12.7 Å². The van der Waals surface area contributed by atoms with Crippen LogP contribution >= 0.6 is 0 Å². The van der Waals surface area contributed by atoms with Crippen molar-refractivity contribution < 1.29 is 9.18 Å². The molecular formula is C17H20FN3O. The molecule has 1 atom stereocenters. The summed E-state index contributed by atoms with van der Waals surface area (Å²) in [5.41, 5.74) is 2.07. The lowest BCUT2D eigenvalue weighted by atomic mass is 10.1. The lowest BCUT2D eigenvalue weighted by molar-refractivity contribution is -0.122. The van der Waals surface area contributed by atoms with Crippen LogP contribution in [0.15, 0.2) is 30.6 Å². The molecule has 5 heteroatoms. The van der Waals surface area contributed by atoms with E-state index in [2.05, 4.69) is 10.3 Å². The van der Waals surface area contributed by atoms with Gasteiger partial charge in [-0.05, 0) is 49.4 Å². The van der Waals surface area contributed by atoms with E-state index in [0.29, 0.717) is 6.42 Å². The van der Waals surface area contributed by atoms with Gasteiger partial charge in [-0.3, -0.25) is 4.79 Å². The summed E-state index contributed by atoms with van der Waals surface area (Å²) in [6.45, 7) is 2.74. The van der Waals surface area contributed by atoms with E-state index in [0.717, 1.165) is 42.8 Å². The molecule has 1 unspecified atom stereocenters. The lowest BCUT2D eigenvalue weighted by Crippen LogP contribution is -2.27. The second kappa shape index (κ2) is 6.30. The van der Waals surface area contributed by atoms with E-state index in [1.807, 2.05) is 23.8 Å². The van der Waals surface area contributed by atoms with E-state index in [4.69, 9.17) is 0 Å². The summed E-state index contributed by atoms with van der Waals surface area (Å²) in [6, 6.07) is 4.80. The average Bonchev–Trinajstić information content (AvgIpc) is 3.06. The van der Waals surface area contributed by atoms with Crippen LogP contribution in [0.4, 0.5) is 4.39 Å². The van der Waals surface area contributed by atoms with Crippen LogP contribution in [0.2, 0.25) is 0 Å². The van der Waals surface area contributed by atoms with Gasteiger partial charge >= 0.3 is 0 Å². The number of carbonyl (C=O) groups excluding carboxylic acids is 1. The Bertz CT molecular complexity index is 680. The number of fused-ring (bicyclic) bond motifs is 1. The third kappa shape index (κ3) is 3.18. The van der Waals surface area contributed by atoms with Crippen LogP contribution < -0.4 is 5.32 Å². The summed E-state index contributed by atoms with van der Waals surface area (Å²) in [6.07, 6.45) is 6.67. The van der Waals surface area contributed by atoms with Crippen molar-refractivity contribution in [3.8, 4) is 0 Å². The number of nitrogens with zero attached hydrogens (tertiary/aromatic N) is 2. The Labute approximate surface area is 129 Å². The van der Waals surface area contributed by atoms with Gasteiger partial charge < -0.3 is 9.88 Å². The van der Waals surface area contributed by atoms with Crippen molar-refractivity contribution in [2.45, 2.75) is 45.2 Å². The van der Waals surface area contributed by atoms with Crippen molar-refractivity contribution in [2.75, 3.05) is 0 Å². The first-order chi connectivity index (χ1) is 10.6. The van der Waals surface area contributed by atoms with Crippen molar-refractivity contribution >= 4 is 5.91 Å². The number of halogens is 1. The van der Waals surface area contributed by atoms with Gasteiger partial charge in [0.05, 0.1) is 6.04 Å². The Balaban J connectivity index is 1.51. The number of hydrogen-bond donors (Lipinski definition) is 1. The van der Waals surface area contributed by atoms with Gasteiger partial charge in [-0.15, -0.1) is 0 Å². The molecule has 0 aliphatic heterocycles. The molecule has 0 saturated carbocycles. The minimum Gasteiger partial charge on any atom is -0.349 e. The molecule has 1 N–H and O–H groups in total. The first-order valence-corrected chi connectivity index (χ1v) is 7.69. The second-order valence-corrected chi connectivity index (χ2v) is 5.77. The molecule has 2 aromatic rings. The zero-order valence-corrected chi connectivity index (χ0v) is 12.7. The predicted molar refractivity (Wildman–Crippen MR) is 81.8 cm³/mol. The lowest BCUT2D eigenvalue weighted by Gasteiger charge is -2.14. The number of rotatable bonds is 5. The van der Waals surface area contributed by atoms with Crippen LogP contribution in [0.5, 0.6) is 0 Å². The molecule has 116 valence electrons. The van der Waals surface area contributed by atoms with Crippen LogP contribution in [0.25, 0.3) is 0 Å². The molecule has 1 heterocycles. The van der Waals surface area contributed by atoms with Crippen LogP contribution in [0.3, 0.4) is 0 Å². The monoisotopic (exact) mass is 301 g/mol. The number of hydrogen-bond acceptors (Lipinski definition) is 2. The van der Waals surface area contributed by atoms with Crippen LogP contribution in [0.1, 0.15) is 42.3 Å². The van der Waals surface area contributed by atoms with Crippen molar-refractivity contribution in [1.82, 2.24) is 14.9 Å². The van der Waals surface area contributed by atoms with E-state index in [1.54, 1.807) is 12.3 Å². The molecule has 4 nitrogen and oxygen atoms in total. The van der Waals surface area contributed by atoms with Crippen molar-refractivity contribution in [3.63, 3.8) is 0 Å². The Morgan fingerprint density at radius 2 is 2.36 bits per heavy atom. The highest BCUT2D eigenvalue weighted by Gasteiger charge is 2.24. The number of imidazole rings is 1. The molecule has 0 fully saturated rings. The first kappa shape index (κ1) is 14.8. The Hall–Kier alpha value is -2.17. The maximum Gasteiger partial charge on any atom is 0.220 e. The predicted octanol–water partition coefficient (Wildman–Crippen LogP) is 2.91. The summed E-state index contributed by atoms with van der Waals surface area (Å²) >= 11 is 0. The standard InChI is InChI=1S/C17H20FN3O/c1-12-19-8-10-21(12)9-2-3-17(22)20-16-7-5-13-4-6-14(18)11-15(13)16/h4,6,8,10-11,16H,2-3,5,7,9H2,1H3,(H,20,22). The van der Waals surface area contributed by atoms with Gasteiger partial charge in [-0.2, -0.15) is 0 Å². The summed E-state index contributed by atoms with van der Waals surface area (Å²) in [4.78, 5) is 16.2. The second-order valence-electron chi connectivity index (χ2n) is 5.77. The molecule has 1 aromatic carbocycles. The van der Waals surface area contributed by atoms with Crippen molar-refractivity contribution in [1.29, 1.82) is 0 Å². The molecule has 3 rings (SSSR count). The fourth-order valence-electron chi connectivity index (χ4n) is 3.04. The smallest absolute Gasteiger partial charge is 0.220 e. The number of carbonyl (C=O) groups is 1. The van der Waals surface area contributed by atoms with Crippen molar-refractivity contribution in [2.24, 2.45) is 0 Å². The summed E-state index contributed by atoms with van der Waals surface area (Å²) < 4.78 is 15.4. The van der Waals surface area contributed by atoms with Crippen molar-refractivity contribution in [3.05, 3.63) is 53.4 Å². The zero-order valence-electron chi connectivity index (χ0n) is 12.7. The van der Waals surface area contributed by atoms with Gasteiger partial charge in [0.2, 0.25) is 5.91 Å². The van der Waals surface area contributed by atoms with Gasteiger partial charge in [0, 0.05) is 25.4 Å². The minimum atomic E-state index is -0.240. The molecule has 0 spiro atoms. The third-order valence-corrected chi connectivity index (χ3v) is 4.25. The molecule has 1 amide bonds. The minimum absolute atomic E-state index is 0.0277. The molecule has 0 saturated heterocycles. The molecule has 1 aliphatic carbocycles. The topological polar surface area (TPSA) is 46.9 Å². The number of amides is 1. The van der Waals surface area contributed by atoms with Gasteiger partial charge in [0.1, 0.15) is 11.6 Å². The quantitative estimate of drug-likeness (QED) is 0.923. The normalized spacial score (nSPS) is 16.5. The maximum absolute atomic E-state index is 13.3. The van der Waals surface area contributed by atoms with Gasteiger partial charge in [0.25, 0.3) is 0 Å².